The first-order valence-electron chi connectivity index (χ1n) is 5.49. The molecule has 1 unspecified atom stereocenters. The van der Waals surface area contributed by atoms with Crippen molar-refractivity contribution in [1.29, 1.82) is 0 Å². The van der Waals surface area contributed by atoms with Gasteiger partial charge in [-0.15, -0.1) is 0 Å². The minimum Gasteiger partial charge on any atom is -0.272 e. The summed E-state index contributed by atoms with van der Waals surface area (Å²) in [5.74, 6) is 0.549. The number of hydroxylamine groups is 2. The Bertz CT molecular complexity index is 234. The number of amides is 2. The average Bonchev–Trinajstić information content (AvgIpc) is 2.42. The summed E-state index contributed by atoms with van der Waals surface area (Å²) in [7, 11) is 0. The predicted octanol–water partition coefficient (Wildman–Crippen LogP) is 1.75. The first-order valence-corrected chi connectivity index (χ1v) is 5.49. The molecule has 4 heteroatoms. The normalized spacial score (nSPS) is 19.1. The third kappa shape index (κ3) is 3.63. The lowest BCUT2D eigenvalue weighted by Crippen LogP contribution is -2.31. The lowest BCUT2D eigenvalue weighted by Gasteiger charge is -2.18. The van der Waals surface area contributed by atoms with Gasteiger partial charge in [-0.1, -0.05) is 20.8 Å². The molecule has 4 nitrogen and oxygen atoms in total. The summed E-state index contributed by atoms with van der Waals surface area (Å²) in [5.41, 5.74) is 0. The first-order chi connectivity index (χ1) is 7.00. The van der Waals surface area contributed by atoms with Crippen LogP contribution in [0.2, 0.25) is 0 Å². The largest absolute Gasteiger partial charge is 0.272 e. The second kappa shape index (κ2) is 5.26. The van der Waals surface area contributed by atoms with Crippen molar-refractivity contribution in [3.05, 3.63) is 0 Å². The van der Waals surface area contributed by atoms with Crippen molar-refractivity contribution < 1.29 is 14.4 Å². The lowest BCUT2D eigenvalue weighted by atomic mass is 10.00. The molecule has 1 aliphatic heterocycles. The Morgan fingerprint density at radius 2 is 1.73 bits per heavy atom. The highest BCUT2D eigenvalue weighted by atomic mass is 16.7. The molecule has 1 atom stereocenters. The molecule has 15 heavy (non-hydrogen) atoms. The molecule has 0 bridgehead atoms. The fraction of sp³-hybridized carbons (Fsp3) is 0.818. The molecule has 0 aromatic carbocycles. The van der Waals surface area contributed by atoms with Gasteiger partial charge in [-0.05, 0) is 18.3 Å². The number of carbonyl (C=O) groups is 2. The van der Waals surface area contributed by atoms with E-state index in [4.69, 9.17) is 4.84 Å². The van der Waals surface area contributed by atoms with E-state index in [-0.39, 0.29) is 24.7 Å². The zero-order valence-electron chi connectivity index (χ0n) is 9.66. The minimum absolute atomic E-state index is 0.211. The summed E-state index contributed by atoms with van der Waals surface area (Å²) in [6, 6.07) is 0. The topological polar surface area (TPSA) is 46.6 Å². The van der Waals surface area contributed by atoms with Gasteiger partial charge in [-0.3, -0.25) is 14.4 Å². The maximum absolute atomic E-state index is 11.2. The van der Waals surface area contributed by atoms with E-state index in [1.807, 2.05) is 0 Å². The molecule has 0 saturated carbocycles. The van der Waals surface area contributed by atoms with Gasteiger partial charge in [-0.25, -0.2) is 0 Å². The Balaban J connectivity index is 2.30. The molecule has 0 aromatic heterocycles. The molecule has 0 spiro atoms. The minimum atomic E-state index is -0.211. The molecular formula is C11H19NO3. The van der Waals surface area contributed by atoms with Crippen molar-refractivity contribution in [2.75, 3.05) is 6.61 Å². The van der Waals surface area contributed by atoms with E-state index in [0.717, 1.165) is 11.5 Å². The van der Waals surface area contributed by atoms with Crippen LogP contribution in [-0.4, -0.2) is 23.5 Å². The van der Waals surface area contributed by atoms with Crippen molar-refractivity contribution >= 4 is 11.8 Å². The number of carbonyl (C=O) groups excluding carboxylic acids is 2. The van der Waals surface area contributed by atoms with E-state index in [2.05, 4.69) is 20.8 Å². The number of rotatable bonds is 5. The van der Waals surface area contributed by atoms with Crippen molar-refractivity contribution in [3.8, 4) is 0 Å². The van der Waals surface area contributed by atoms with Crippen LogP contribution in [0.25, 0.3) is 0 Å². The number of nitrogens with zero attached hydrogens (tertiary/aromatic N) is 1. The maximum Gasteiger partial charge on any atom is 0.253 e. The fourth-order valence-electron chi connectivity index (χ4n) is 1.77. The molecule has 1 aliphatic rings. The molecule has 86 valence electrons. The highest BCUT2D eigenvalue weighted by Crippen LogP contribution is 2.15. The molecule has 1 heterocycles. The molecule has 1 rings (SSSR count). The van der Waals surface area contributed by atoms with E-state index in [9.17, 15) is 9.59 Å². The van der Waals surface area contributed by atoms with Crippen LogP contribution in [0, 0.1) is 11.8 Å². The highest BCUT2D eigenvalue weighted by molar-refractivity contribution is 6.00. The van der Waals surface area contributed by atoms with Gasteiger partial charge in [0.1, 0.15) is 0 Å². The van der Waals surface area contributed by atoms with Crippen LogP contribution >= 0.6 is 0 Å². The second-order valence-corrected chi connectivity index (χ2v) is 4.61. The number of hydrogen-bond acceptors (Lipinski definition) is 3. The Morgan fingerprint density at radius 3 is 2.20 bits per heavy atom. The molecular weight excluding hydrogens is 194 g/mol. The van der Waals surface area contributed by atoms with E-state index in [0.29, 0.717) is 18.4 Å². The van der Waals surface area contributed by atoms with Gasteiger partial charge in [0.2, 0.25) is 0 Å². The summed E-state index contributed by atoms with van der Waals surface area (Å²) >= 11 is 0. The summed E-state index contributed by atoms with van der Waals surface area (Å²) in [6.07, 6.45) is 1.62. The van der Waals surface area contributed by atoms with Gasteiger partial charge in [0.05, 0.1) is 6.61 Å². The van der Waals surface area contributed by atoms with Gasteiger partial charge < -0.3 is 0 Å². The monoisotopic (exact) mass is 213 g/mol. The van der Waals surface area contributed by atoms with Crippen LogP contribution in [0.1, 0.15) is 40.0 Å². The van der Waals surface area contributed by atoms with Crippen LogP contribution < -0.4 is 0 Å². The predicted molar refractivity (Wildman–Crippen MR) is 55.7 cm³/mol. The molecule has 0 N–H and O–H groups in total. The first kappa shape index (κ1) is 12.2. The van der Waals surface area contributed by atoms with Crippen LogP contribution in [-0.2, 0) is 14.4 Å². The second-order valence-electron chi connectivity index (χ2n) is 4.61. The highest BCUT2D eigenvalue weighted by Gasteiger charge is 2.30. The van der Waals surface area contributed by atoms with Gasteiger partial charge in [0, 0.05) is 12.8 Å². The van der Waals surface area contributed by atoms with E-state index in [1.54, 1.807) is 0 Å². The quantitative estimate of drug-likeness (QED) is 0.654. The van der Waals surface area contributed by atoms with Crippen LogP contribution in [0.3, 0.4) is 0 Å². The van der Waals surface area contributed by atoms with Gasteiger partial charge in [0.15, 0.2) is 0 Å². The Labute approximate surface area is 90.5 Å². The Kier molecular flexibility index (Phi) is 4.27. The van der Waals surface area contributed by atoms with Crippen molar-refractivity contribution in [2.24, 2.45) is 11.8 Å². The zero-order valence-corrected chi connectivity index (χ0v) is 9.66. The van der Waals surface area contributed by atoms with Crippen LogP contribution in [0.5, 0.6) is 0 Å². The van der Waals surface area contributed by atoms with E-state index >= 15 is 0 Å². The molecule has 0 aliphatic carbocycles. The zero-order chi connectivity index (χ0) is 11.4. The van der Waals surface area contributed by atoms with Crippen molar-refractivity contribution in [3.63, 3.8) is 0 Å². The Hall–Kier alpha value is -0.900. The van der Waals surface area contributed by atoms with Gasteiger partial charge >= 0.3 is 0 Å². The summed E-state index contributed by atoms with van der Waals surface area (Å²) in [6.45, 7) is 6.78. The molecule has 1 saturated heterocycles. The molecule has 0 aromatic rings. The fourth-order valence-corrected chi connectivity index (χ4v) is 1.77. The molecule has 1 fully saturated rings. The lowest BCUT2D eigenvalue weighted by molar-refractivity contribution is -0.190. The third-order valence-electron chi connectivity index (χ3n) is 2.37. The summed E-state index contributed by atoms with van der Waals surface area (Å²) in [5, 5.41) is 0.927. The average molecular weight is 213 g/mol. The molecule has 0 radical (unpaired) electrons. The van der Waals surface area contributed by atoms with Gasteiger partial charge in [-0.2, -0.15) is 5.06 Å². The SMILES string of the molecule is CC(C)CC(C)CON1C(=O)CCC1=O. The van der Waals surface area contributed by atoms with Crippen LogP contribution in [0.4, 0.5) is 0 Å². The maximum atomic E-state index is 11.2. The summed E-state index contributed by atoms with van der Waals surface area (Å²) in [4.78, 5) is 27.6. The summed E-state index contributed by atoms with van der Waals surface area (Å²) < 4.78 is 0. The van der Waals surface area contributed by atoms with Crippen molar-refractivity contribution in [1.82, 2.24) is 5.06 Å². The van der Waals surface area contributed by atoms with Gasteiger partial charge in [0.25, 0.3) is 11.8 Å². The smallest absolute Gasteiger partial charge is 0.253 e. The number of hydrogen-bond donors (Lipinski definition) is 0. The van der Waals surface area contributed by atoms with Crippen LogP contribution in [0.15, 0.2) is 0 Å². The van der Waals surface area contributed by atoms with E-state index in [1.165, 1.54) is 0 Å². The van der Waals surface area contributed by atoms with E-state index < -0.39 is 0 Å². The number of imide groups is 1. The Morgan fingerprint density at radius 1 is 1.20 bits per heavy atom. The van der Waals surface area contributed by atoms with Crippen molar-refractivity contribution in [2.45, 2.75) is 40.0 Å². The standard InChI is InChI=1S/C11H19NO3/c1-8(2)6-9(3)7-15-12-10(13)4-5-11(12)14/h8-9H,4-7H2,1-3H3. The third-order valence-corrected chi connectivity index (χ3v) is 2.37. The molecule has 2 amide bonds.